The Kier molecular flexibility index (Phi) is 5.18. The highest BCUT2D eigenvalue weighted by molar-refractivity contribution is 5.98. The van der Waals surface area contributed by atoms with E-state index >= 15 is 0 Å². The van der Waals surface area contributed by atoms with E-state index in [0.29, 0.717) is 17.7 Å². The average molecular weight is 423 g/mol. The van der Waals surface area contributed by atoms with Gasteiger partial charge < -0.3 is 5.32 Å². The first-order valence-electron chi connectivity index (χ1n) is 9.92. The molecule has 0 aliphatic rings. The topological polar surface area (TPSA) is 90.4 Å². The van der Waals surface area contributed by atoms with Crippen molar-refractivity contribution >= 4 is 22.6 Å². The van der Waals surface area contributed by atoms with Crippen molar-refractivity contribution in [1.82, 2.24) is 24.1 Å². The predicted octanol–water partition coefficient (Wildman–Crippen LogP) is 1.92. The third-order valence-corrected chi connectivity index (χ3v) is 5.11. The molecule has 4 rings (SSSR count). The third-order valence-electron chi connectivity index (χ3n) is 5.11. The molecule has 1 N–H and O–H groups in total. The zero-order chi connectivity index (χ0) is 22.3. The number of amides is 1. The van der Waals surface area contributed by atoms with Gasteiger partial charge in [-0.1, -0.05) is 32.0 Å². The summed E-state index contributed by atoms with van der Waals surface area (Å²) in [6.45, 7) is 4.38. The monoisotopic (exact) mass is 423 g/mol. The van der Waals surface area contributed by atoms with E-state index in [0.717, 1.165) is 4.68 Å². The molecule has 0 fully saturated rings. The van der Waals surface area contributed by atoms with E-state index in [-0.39, 0.29) is 40.6 Å². The molecule has 160 valence electrons. The number of halogens is 1. The average Bonchev–Trinajstić information content (AvgIpc) is 3.08. The second kappa shape index (κ2) is 7.82. The molecule has 0 radical (unpaired) electrons. The molecule has 31 heavy (non-hydrogen) atoms. The van der Waals surface area contributed by atoms with Crippen molar-refractivity contribution in [2.45, 2.75) is 20.4 Å². The van der Waals surface area contributed by atoms with Crippen LogP contribution in [0.1, 0.15) is 29.8 Å². The zero-order valence-electron chi connectivity index (χ0n) is 17.4. The van der Waals surface area contributed by atoms with E-state index < -0.39 is 11.5 Å². The largest absolute Gasteiger partial charge is 0.352 e. The van der Waals surface area contributed by atoms with Crippen LogP contribution in [0.5, 0.6) is 0 Å². The van der Waals surface area contributed by atoms with Crippen molar-refractivity contribution in [1.29, 1.82) is 0 Å². The fraction of sp³-hybridized carbons (Fsp3) is 0.273. The lowest BCUT2D eigenvalue weighted by molar-refractivity contribution is 0.0949. The van der Waals surface area contributed by atoms with Crippen molar-refractivity contribution in [2.24, 2.45) is 13.0 Å². The van der Waals surface area contributed by atoms with E-state index in [1.54, 1.807) is 24.3 Å². The lowest BCUT2D eigenvalue weighted by atomic mass is 10.1. The van der Waals surface area contributed by atoms with Crippen LogP contribution in [0.3, 0.4) is 0 Å². The number of aromatic nitrogens is 4. The molecule has 9 heteroatoms. The lowest BCUT2D eigenvalue weighted by Crippen LogP contribution is -2.28. The van der Waals surface area contributed by atoms with Crippen LogP contribution in [-0.2, 0) is 13.6 Å². The van der Waals surface area contributed by atoms with Gasteiger partial charge in [0.05, 0.1) is 17.4 Å². The second-order valence-corrected chi connectivity index (χ2v) is 7.87. The highest BCUT2D eigenvalue weighted by atomic mass is 19.1. The van der Waals surface area contributed by atoms with Gasteiger partial charge in [-0.15, -0.1) is 5.10 Å². The number of benzene rings is 2. The van der Waals surface area contributed by atoms with Gasteiger partial charge in [-0.3, -0.25) is 14.2 Å². The van der Waals surface area contributed by atoms with Gasteiger partial charge in [0.2, 0.25) is 5.78 Å². The highest BCUT2D eigenvalue weighted by Crippen LogP contribution is 2.14. The summed E-state index contributed by atoms with van der Waals surface area (Å²) in [7, 11) is 1.51. The molecule has 0 unspecified atom stereocenters. The van der Waals surface area contributed by atoms with Crippen molar-refractivity contribution in [3.05, 3.63) is 80.2 Å². The Labute approximate surface area is 176 Å². The molecule has 0 saturated carbocycles. The number of rotatable bonds is 5. The smallest absolute Gasteiger partial charge is 0.352 e. The molecule has 0 bridgehead atoms. The van der Waals surface area contributed by atoms with Gasteiger partial charge in [0.1, 0.15) is 5.82 Å². The van der Waals surface area contributed by atoms with Gasteiger partial charge in [0, 0.05) is 24.7 Å². The summed E-state index contributed by atoms with van der Waals surface area (Å²) in [4.78, 5) is 38.5. The predicted molar refractivity (Wildman–Crippen MR) is 115 cm³/mol. The summed E-state index contributed by atoms with van der Waals surface area (Å²) in [6, 6.07) is 10.7. The minimum Gasteiger partial charge on any atom is -0.352 e. The Bertz CT molecular complexity index is 1430. The fourth-order valence-electron chi connectivity index (χ4n) is 3.42. The van der Waals surface area contributed by atoms with Crippen LogP contribution in [0.15, 0.2) is 52.1 Å². The first-order valence-corrected chi connectivity index (χ1v) is 9.92. The number of aryl methyl sites for hydroxylation is 1. The van der Waals surface area contributed by atoms with Crippen molar-refractivity contribution < 1.29 is 9.18 Å². The van der Waals surface area contributed by atoms with Crippen LogP contribution in [0.25, 0.3) is 16.7 Å². The van der Waals surface area contributed by atoms with Crippen LogP contribution in [0.4, 0.5) is 4.39 Å². The SMILES string of the molecule is CC(C)CNC(=O)c1ccc2c(=O)n(C)c3nn(Cc4ccccc4F)c(=O)n3c2c1. The summed E-state index contributed by atoms with van der Waals surface area (Å²) in [5.41, 5.74) is 0.0332. The van der Waals surface area contributed by atoms with Crippen molar-refractivity contribution in [3.63, 3.8) is 0 Å². The number of fused-ring (bicyclic) bond motifs is 3. The van der Waals surface area contributed by atoms with Gasteiger partial charge >= 0.3 is 5.69 Å². The second-order valence-electron chi connectivity index (χ2n) is 7.87. The Morgan fingerprint density at radius 1 is 1.16 bits per heavy atom. The number of hydrogen-bond acceptors (Lipinski definition) is 4. The number of carbonyl (C=O) groups is 1. The van der Waals surface area contributed by atoms with E-state index in [2.05, 4.69) is 10.4 Å². The number of hydrogen-bond donors (Lipinski definition) is 1. The van der Waals surface area contributed by atoms with Crippen LogP contribution in [0.2, 0.25) is 0 Å². The molecule has 2 heterocycles. The fourth-order valence-corrected chi connectivity index (χ4v) is 3.42. The Balaban J connectivity index is 1.90. The number of carbonyl (C=O) groups excluding carboxylic acids is 1. The maximum Gasteiger partial charge on any atom is 0.352 e. The van der Waals surface area contributed by atoms with Crippen LogP contribution >= 0.6 is 0 Å². The van der Waals surface area contributed by atoms with E-state index in [1.165, 1.54) is 34.2 Å². The molecule has 8 nitrogen and oxygen atoms in total. The standard InChI is InChI=1S/C22H22FN5O3/c1-13(2)11-24-19(29)14-8-9-16-18(10-14)28-21(26(3)20(16)30)25-27(22(28)31)12-15-6-4-5-7-17(15)23/h4-10,13H,11-12H2,1-3H3,(H,24,29). The molecule has 0 atom stereocenters. The molecule has 2 aromatic heterocycles. The van der Waals surface area contributed by atoms with Gasteiger partial charge in [-0.05, 0) is 30.2 Å². The summed E-state index contributed by atoms with van der Waals surface area (Å²) in [5, 5.41) is 7.36. The molecule has 0 aliphatic heterocycles. The lowest BCUT2D eigenvalue weighted by Gasteiger charge is -2.09. The zero-order valence-corrected chi connectivity index (χ0v) is 17.4. The Morgan fingerprint density at radius 2 is 1.90 bits per heavy atom. The molecule has 0 aliphatic carbocycles. The van der Waals surface area contributed by atoms with Crippen LogP contribution < -0.4 is 16.6 Å². The first-order chi connectivity index (χ1) is 14.8. The third kappa shape index (κ3) is 3.63. The van der Waals surface area contributed by atoms with Crippen LogP contribution in [-0.4, -0.2) is 31.2 Å². The maximum atomic E-state index is 14.1. The van der Waals surface area contributed by atoms with Gasteiger partial charge in [-0.25, -0.2) is 18.3 Å². The summed E-state index contributed by atoms with van der Waals surface area (Å²) >= 11 is 0. The summed E-state index contributed by atoms with van der Waals surface area (Å²) < 4.78 is 17.7. The minimum absolute atomic E-state index is 0.0859. The van der Waals surface area contributed by atoms with Crippen molar-refractivity contribution in [2.75, 3.05) is 6.54 Å². The van der Waals surface area contributed by atoms with Gasteiger partial charge in [0.15, 0.2) is 0 Å². The highest BCUT2D eigenvalue weighted by Gasteiger charge is 2.18. The molecular weight excluding hydrogens is 401 g/mol. The van der Waals surface area contributed by atoms with E-state index in [1.807, 2.05) is 13.8 Å². The van der Waals surface area contributed by atoms with E-state index in [4.69, 9.17) is 0 Å². The minimum atomic E-state index is -0.529. The molecule has 4 aromatic rings. The molecule has 0 saturated heterocycles. The molecular formula is C22H22FN5O3. The number of nitrogens with one attached hydrogen (secondary N) is 1. The quantitative estimate of drug-likeness (QED) is 0.531. The first kappa shape index (κ1) is 20.5. The number of nitrogens with zero attached hydrogens (tertiary/aromatic N) is 4. The summed E-state index contributed by atoms with van der Waals surface area (Å²) in [6.07, 6.45) is 0. The Morgan fingerprint density at radius 3 is 2.61 bits per heavy atom. The normalized spacial score (nSPS) is 11.5. The molecule has 1 amide bonds. The van der Waals surface area contributed by atoms with Crippen molar-refractivity contribution in [3.8, 4) is 0 Å². The molecule has 2 aromatic carbocycles. The van der Waals surface area contributed by atoms with Gasteiger partial charge in [-0.2, -0.15) is 0 Å². The van der Waals surface area contributed by atoms with Crippen LogP contribution in [0, 0.1) is 11.7 Å². The Hall–Kier alpha value is -3.75. The van der Waals surface area contributed by atoms with E-state index in [9.17, 15) is 18.8 Å². The molecule has 0 spiro atoms. The van der Waals surface area contributed by atoms with Gasteiger partial charge in [0.25, 0.3) is 11.5 Å². The maximum absolute atomic E-state index is 14.1. The summed E-state index contributed by atoms with van der Waals surface area (Å²) in [5.74, 6) is -0.355.